The van der Waals surface area contributed by atoms with Crippen LogP contribution in [0.2, 0.25) is 0 Å². The summed E-state index contributed by atoms with van der Waals surface area (Å²) in [6.07, 6.45) is 0.873. The van der Waals surface area contributed by atoms with Gasteiger partial charge in [-0.1, -0.05) is 0 Å². The summed E-state index contributed by atoms with van der Waals surface area (Å²) in [6.45, 7) is 1.98. The van der Waals surface area contributed by atoms with Crippen molar-refractivity contribution in [2.24, 2.45) is 0 Å². The lowest BCUT2D eigenvalue weighted by Gasteiger charge is -2.35. The Morgan fingerprint density at radius 3 is 2.93 bits per heavy atom. The molecule has 0 amide bonds. The molecule has 1 aromatic carbocycles. The van der Waals surface area contributed by atoms with Crippen LogP contribution >= 0.6 is 0 Å². The van der Waals surface area contributed by atoms with Gasteiger partial charge in [-0.15, -0.1) is 0 Å². The van der Waals surface area contributed by atoms with E-state index in [0.29, 0.717) is 6.54 Å². The maximum absolute atomic E-state index is 13.1. The summed E-state index contributed by atoms with van der Waals surface area (Å²) < 4.78 is 13.1. The molecule has 1 aromatic rings. The van der Waals surface area contributed by atoms with Gasteiger partial charge in [0.2, 0.25) is 0 Å². The third-order valence-electron chi connectivity index (χ3n) is 2.69. The highest BCUT2D eigenvalue weighted by atomic mass is 19.1. The molecule has 4 heteroatoms. The minimum absolute atomic E-state index is 0.242. The van der Waals surface area contributed by atoms with E-state index in [2.05, 4.69) is 0 Å². The molecule has 1 aliphatic heterocycles. The smallest absolute Gasteiger partial charge is 0.139 e. The fraction of sp³-hybridized carbons (Fsp3) is 0.364. The molecule has 0 bridgehead atoms. The van der Waals surface area contributed by atoms with E-state index in [1.165, 1.54) is 12.1 Å². The van der Waals surface area contributed by atoms with Crippen molar-refractivity contribution < 1.29 is 9.18 Å². The van der Waals surface area contributed by atoms with Gasteiger partial charge < -0.3 is 14.6 Å². The normalized spacial score (nSPS) is 15.1. The van der Waals surface area contributed by atoms with E-state index in [1.54, 1.807) is 6.07 Å². The minimum Gasteiger partial charge on any atom is -0.371 e. The van der Waals surface area contributed by atoms with Crippen molar-refractivity contribution in [3.8, 4) is 0 Å². The van der Waals surface area contributed by atoms with Crippen LogP contribution < -0.4 is 9.80 Å². The first-order valence-electron chi connectivity index (χ1n) is 4.91. The molecule has 0 aliphatic carbocycles. The number of rotatable bonds is 2. The van der Waals surface area contributed by atoms with Gasteiger partial charge in [-0.2, -0.15) is 0 Å². The van der Waals surface area contributed by atoms with Crippen molar-refractivity contribution in [1.82, 2.24) is 0 Å². The molecular weight excluding hydrogens is 195 g/mol. The number of fused-ring (bicyclic) bond motifs is 1. The first-order chi connectivity index (χ1) is 7.22. The van der Waals surface area contributed by atoms with Crippen LogP contribution in [0.5, 0.6) is 0 Å². The molecule has 0 N–H and O–H groups in total. The Hall–Kier alpha value is -1.58. The second-order valence-electron chi connectivity index (χ2n) is 3.67. The number of aldehydes is 1. The number of benzene rings is 1. The molecule has 1 heterocycles. The quantitative estimate of drug-likeness (QED) is 0.684. The summed E-state index contributed by atoms with van der Waals surface area (Å²) in [5.74, 6) is -0.242. The van der Waals surface area contributed by atoms with Crippen molar-refractivity contribution in [1.29, 1.82) is 0 Å². The number of likely N-dealkylation sites (N-methyl/N-ethyl adjacent to an activating group) is 1. The van der Waals surface area contributed by atoms with Crippen LogP contribution in [0.4, 0.5) is 15.8 Å². The van der Waals surface area contributed by atoms with E-state index in [9.17, 15) is 9.18 Å². The van der Waals surface area contributed by atoms with Crippen LogP contribution in [-0.2, 0) is 4.79 Å². The molecule has 0 aromatic heterocycles. The van der Waals surface area contributed by atoms with Gasteiger partial charge in [0.15, 0.2) is 0 Å². The van der Waals surface area contributed by atoms with Gasteiger partial charge in [-0.25, -0.2) is 4.39 Å². The van der Waals surface area contributed by atoms with Gasteiger partial charge in [-0.05, 0) is 18.2 Å². The van der Waals surface area contributed by atoms with Gasteiger partial charge in [0, 0.05) is 20.1 Å². The van der Waals surface area contributed by atoms with Crippen LogP contribution in [-0.4, -0.2) is 33.0 Å². The van der Waals surface area contributed by atoms with Crippen LogP contribution in [0.25, 0.3) is 0 Å². The van der Waals surface area contributed by atoms with Crippen molar-refractivity contribution in [3.63, 3.8) is 0 Å². The predicted molar refractivity (Wildman–Crippen MR) is 57.9 cm³/mol. The van der Waals surface area contributed by atoms with E-state index in [-0.39, 0.29) is 5.82 Å². The number of carbonyl (C=O) groups is 1. The Balaban J connectivity index is 2.40. The molecule has 1 aliphatic rings. The van der Waals surface area contributed by atoms with E-state index in [4.69, 9.17) is 0 Å². The molecule has 0 saturated heterocycles. The maximum Gasteiger partial charge on any atom is 0.139 e. The third kappa shape index (κ3) is 1.79. The summed E-state index contributed by atoms with van der Waals surface area (Å²) in [7, 11) is 1.93. The molecule has 0 fully saturated rings. The molecule has 3 nitrogen and oxygen atoms in total. The standard InChI is InChI=1S/C11H13FN2O/c1-13-4-5-14(6-7-15)10-3-2-9(12)8-11(10)13/h2-3,7-8H,4-6H2,1H3. The van der Waals surface area contributed by atoms with E-state index >= 15 is 0 Å². The summed E-state index contributed by atoms with van der Waals surface area (Å²) in [6, 6.07) is 4.66. The molecule has 15 heavy (non-hydrogen) atoms. The summed E-state index contributed by atoms with van der Waals surface area (Å²) in [4.78, 5) is 14.5. The summed E-state index contributed by atoms with van der Waals surface area (Å²) >= 11 is 0. The second kappa shape index (κ2) is 3.88. The fourth-order valence-corrected chi connectivity index (χ4v) is 1.86. The van der Waals surface area contributed by atoms with Crippen molar-refractivity contribution in [2.75, 3.05) is 36.5 Å². The molecule has 0 spiro atoms. The lowest BCUT2D eigenvalue weighted by molar-refractivity contribution is -0.106. The average molecular weight is 208 g/mol. The van der Waals surface area contributed by atoms with E-state index in [0.717, 1.165) is 30.8 Å². The third-order valence-corrected chi connectivity index (χ3v) is 2.69. The Bertz CT molecular complexity index is 381. The lowest BCUT2D eigenvalue weighted by atomic mass is 10.1. The van der Waals surface area contributed by atoms with Crippen LogP contribution in [0.15, 0.2) is 18.2 Å². The number of hydrogen-bond donors (Lipinski definition) is 0. The molecule has 0 atom stereocenters. The van der Waals surface area contributed by atoms with Crippen LogP contribution in [0, 0.1) is 5.82 Å². The second-order valence-corrected chi connectivity index (χ2v) is 3.67. The lowest BCUT2D eigenvalue weighted by Crippen LogP contribution is -2.40. The zero-order chi connectivity index (χ0) is 10.8. The van der Waals surface area contributed by atoms with E-state index < -0.39 is 0 Å². The fourth-order valence-electron chi connectivity index (χ4n) is 1.86. The Labute approximate surface area is 88.1 Å². The number of halogens is 1. The van der Waals surface area contributed by atoms with Crippen LogP contribution in [0.1, 0.15) is 0 Å². The first kappa shape index (κ1) is 9.96. The van der Waals surface area contributed by atoms with Gasteiger partial charge in [-0.3, -0.25) is 0 Å². The average Bonchev–Trinajstić information content (AvgIpc) is 2.23. The van der Waals surface area contributed by atoms with Crippen molar-refractivity contribution in [2.45, 2.75) is 0 Å². The van der Waals surface area contributed by atoms with Gasteiger partial charge in [0.05, 0.1) is 17.9 Å². The van der Waals surface area contributed by atoms with Crippen molar-refractivity contribution in [3.05, 3.63) is 24.0 Å². The zero-order valence-corrected chi connectivity index (χ0v) is 8.61. The highest BCUT2D eigenvalue weighted by Gasteiger charge is 2.19. The Morgan fingerprint density at radius 2 is 2.20 bits per heavy atom. The molecule has 0 radical (unpaired) electrons. The first-order valence-corrected chi connectivity index (χ1v) is 4.91. The molecule has 0 unspecified atom stereocenters. The van der Waals surface area contributed by atoms with Gasteiger partial charge in [0.25, 0.3) is 0 Å². The highest BCUT2D eigenvalue weighted by molar-refractivity contribution is 5.76. The Morgan fingerprint density at radius 1 is 1.40 bits per heavy atom. The summed E-state index contributed by atoms with van der Waals surface area (Å²) in [5.41, 5.74) is 1.78. The predicted octanol–water partition coefficient (Wildman–Crippen LogP) is 1.28. The monoisotopic (exact) mass is 208 g/mol. The number of carbonyl (C=O) groups excluding carboxylic acids is 1. The van der Waals surface area contributed by atoms with Crippen molar-refractivity contribution >= 4 is 17.7 Å². The van der Waals surface area contributed by atoms with Crippen LogP contribution in [0.3, 0.4) is 0 Å². The molecule has 0 saturated carbocycles. The number of hydrogen-bond acceptors (Lipinski definition) is 3. The number of nitrogens with zero attached hydrogens (tertiary/aromatic N) is 2. The minimum atomic E-state index is -0.242. The molecular formula is C11H13FN2O. The zero-order valence-electron chi connectivity index (χ0n) is 8.61. The van der Waals surface area contributed by atoms with Gasteiger partial charge >= 0.3 is 0 Å². The largest absolute Gasteiger partial charge is 0.371 e. The van der Waals surface area contributed by atoms with E-state index in [1.807, 2.05) is 16.8 Å². The maximum atomic E-state index is 13.1. The topological polar surface area (TPSA) is 23.6 Å². The molecule has 2 rings (SSSR count). The molecule has 80 valence electrons. The SMILES string of the molecule is CN1CCN(CC=O)c2ccc(F)cc21. The number of anilines is 2. The Kier molecular flexibility index (Phi) is 2.58. The highest BCUT2D eigenvalue weighted by Crippen LogP contribution is 2.32. The van der Waals surface area contributed by atoms with Gasteiger partial charge in [0.1, 0.15) is 12.1 Å². The summed E-state index contributed by atoms with van der Waals surface area (Å²) in [5, 5.41) is 0.